The summed E-state index contributed by atoms with van der Waals surface area (Å²) in [5.41, 5.74) is -2.23. The van der Waals surface area contributed by atoms with E-state index in [1.54, 1.807) is 0 Å². The third kappa shape index (κ3) is 3.88. The van der Waals surface area contributed by atoms with Crippen LogP contribution in [-0.4, -0.2) is 12.6 Å². The summed E-state index contributed by atoms with van der Waals surface area (Å²) < 4.78 is 84.3. The van der Waals surface area contributed by atoms with Crippen LogP contribution in [0.15, 0.2) is 48.5 Å². The Morgan fingerprint density at radius 1 is 0.931 bits per heavy atom. The maximum Gasteiger partial charge on any atom is 0.416 e. The summed E-state index contributed by atoms with van der Waals surface area (Å²) in [7, 11) is 0. The number of alkyl halides is 6. The zero-order valence-electron chi connectivity index (χ0n) is 15.3. The van der Waals surface area contributed by atoms with Crippen molar-refractivity contribution < 1.29 is 31.1 Å². The van der Waals surface area contributed by atoms with Crippen LogP contribution in [0, 0.1) is 5.92 Å². The molecular weight excluding hydrogens is 396 g/mol. The molecule has 0 unspecified atom stereocenters. The smallest absolute Gasteiger partial charge is 0.371 e. The van der Waals surface area contributed by atoms with E-state index in [4.69, 9.17) is 4.74 Å². The van der Waals surface area contributed by atoms with E-state index in [1.807, 2.05) is 30.3 Å². The monoisotopic (exact) mass is 415 g/mol. The van der Waals surface area contributed by atoms with Crippen molar-refractivity contribution in [2.75, 3.05) is 6.54 Å². The fourth-order valence-electron chi connectivity index (χ4n) is 4.49. The fraction of sp³-hybridized carbons (Fsp3) is 0.429. The molecule has 1 heterocycles. The number of rotatable bonds is 4. The van der Waals surface area contributed by atoms with E-state index in [1.165, 1.54) is 0 Å². The van der Waals surface area contributed by atoms with Gasteiger partial charge in [0.05, 0.1) is 29.4 Å². The van der Waals surface area contributed by atoms with Crippen LogP contribution in [0.5, 0.6) is 0 Å². The van der Waals surface area contributed by atoms with Gasteiger partial charge in [-0.2, -0.15) is 26.3 Å². The molecule has 29 heavy (non-hydrogen) atoms. The molecule has 4 rings (SSSR count). The molecule has 3 atom stereocenters. The lowest BCUT2D eigenvalue weighted by Crippen LogP contribution is -2.49. The number of halogens is 6. The summed E-state index contributed by atoms with van der Waals surface area (Å²) in [5.74, 6) is 0.368. The maximum atomic E-state index is 13.1. The number of benzene rings is 2. The number of nitrogens with one attached hydrogen (secondary N) is 1. The molecule has 156 valence electrons. The van der Waals surface area contributed by atoms with Crippen LogP contribution < -0.4 is 5.32 Å². The van der Waals surface area contributed by atoms with Crippen LogP contribution in [-0.2, 0) is 29.2 Å². The lowest BCUT2D eigenvalue weighted by molar-refractivity contribution is -0.143. The molecule has 2 aliphatic rings. The predicted molar refractivity (Wildman–Crippen MR) is 93.9 cm³/mol. The summed E-state index contributed by atoms with van der Waals surface area (Å²) >= 11 is 0. The van der Waals surface area contributed by atoms with Gasteiger partial charge in [0.15, 0.2) is 0 Å². The van der Waals surface area contributed by atoms with E-state index in [-0.39, 0.29) is 24.3 Å². The summed E-state index contributed by atoms with van der Waals surface area (Å²) in [4.78, 5) is 0. The summed E-state index contributed by atoms with van der Waals surface area (Å²) in [5, 5.41) is 3.46. The topological polar surface area (TPSA) is 21.3 Å². The molecule has 0 radical (unpaired) electrons. The lowest BCUT2D eigenvalue weighted by Gasteiger charge is -2.36. The molecule has 1 aliphatic carbocycles. The van der Waals surface area contributed by atoms with Gasteiger partial charge in [0.1, 0.15) is 0 Å². The van der Waals surface area contributed by atoms with E-state index >= 15 is 0 Å². The molecule has 2 nitrogen and oxygen atoms in total. The average molecular weight is 415 g/mol. The first-order valence-corrected chi connectivity index (χ1v) is 9.28. The second-order valence-corrected chi connectivity index (χ2v) is 7.74. The molecule has 1 saturated carbocycles. The molecule has 0 spiro atoms. The molecule has 1 N–H and O–H groups in total. The van der Waals surface area contributed by atoms with Crippen LogP contribution >= 0.6 is 0 Å². The second kappa shape index (κ2) is 7.02. The molecule has 2 aromatic rings. The molecule has 2 aromatic carbocycles. The van der Waals surface area contributed by atoms with Gasteiger partial charge in [-0.3, -0.25) is 0 Å². The molecule has 1 saturated heterocycles. The van der Waals surface area contributed by atoms with Crippen LogP contribution in [0.1, 0.15) is 35.1 Å². The highest BCUT2D eigenvalue weighted by molar-refractivity contribution is 5.34. The number of fused-ring (bicyclic) bond motifs is 2. The van der Waals surface area contributed by atoms with Crippen LogP contribution in [0.3, 0.4) is 0 Å². The van der Waals surface area contributed by atoms with Crippen molar-refractivity contribution in [1.29, 1.82) is 0 Å². The van der Waals surface area contributed by atoms with Gasteiger partial charge in [0.25, 0.3) is 0 Å². The minimum absolute atomic E-state index is 0.133. The van der Waals surface area contributed by atoms with Crippen molar-refractivity contribution in [3.05, 3.63) is 70.8 Å². The van der Waals surface area contributed by atoms with Crippen molar-refractivity contribution in [3.8, 4) is 0 Å². The van der Waals surface area contributed by atoms with Crippen molar-refractivity contribution >= 4 is 0 Å². The molecule has 2 fully saturated rings. The number of ether oxygens (including phenoxy) is 1. The van der Waals surface area contributed by atoms with Gasteiger partial charge < -0.3 is 10.1 Å². The van der Waals surface area contributed by atoms with Gasteiger partial charge in [-0.05, 0) is 54.6 Å². The van der Waals surface area contributed by atoms with Gasteiger partial charge in [0.2, 0.25) is 0 Å². The molecular formula is C21H19F6NO. The SMILES string of the molecule is FC(F)(F)c1cc(CO[C@@H]2C[C@H]3CN[C@]2(c2ccccc2)C3)cc(C(F)(F)F)c1. The largest absolute Gasteiger partial charge is 0.416 e. The number of piperidine rings is 1. The Labute approximate surface area is 163 Å². The standard InChI is InChI=1S/C21H19F6NO/c22-20(23,24)16-6-13(7-17(9-16)21(25,26)27)12-29-18-8-14-10-19(18,28-11-14)15-4-2-1-3-5-15/h1-7,9,14,18,28H,8,10-12H2/t14-,18-,19+/m1/s1. The third-order valence-corrected chi connectivity index (χ3v) is 5.80. The zero-order valence-corrected chi connectivity index (χ0v) is 15.3. The molecule has 2 bridgehead atoms. The number of hydrogen-bond donors (Lipinski definition) is 1. The third-order valence-electron chi connectivity index (χ3n) is 5.80. The van der Waals surface area contributed by atoms with Gasteiger partial charge >= 0.3 is 12.4 Å². The minimum Gasteiger partial charge on any atom is -0.371 e. The molecule has 0 aromatic heterocycles. The molecule has 0 amide bonds. The van der Waals surface area contributed by atoms with Crippen molar-refractivity contribution in [3.63, 3.8) is 0 Å². The van der Waals surface area contributed by atoms with E-state index in [0.29, 0.717) is 12.3 Å². The molecule has 1 aliphatic heterocycles. The normalized spacial score (nSPS) is 26.8. The highest BCUT2D eigenvalue weighted by atomic mass is 19.4. The second-order valence-electron chi connectivity index (χ2n) is 7.74. The Balaban J connectivity index is 1.59. The summed E-state index contributed by atoms with van der Waals surface area (Å²) in [6, 6.07) is 11.2. The van der Waals surface area contributed by atoms with Crippen LogP contribution in [0.2, 0.25) is 0 Å². The van der Waals surface area contributed by atoms with Gasteiger partial charge in [-0.25, -0.2) is 0 Å². The van der Waals surface area contributed by atoms with Crippen LogP contribution in [0.4, 0.5) is 26.3 Å². The van der Waals surface area contributed by atoms with E-state index in [0.717, 1.165) is 30.7 Å². The highest BCUT2D eigenvalue weighted by Crippen LogP contribution is 2.48. The van der Waals surface area contributed by atoms with Gasteiger partial charge in [0, 0.05) is 0 Å². The maximum absolute atomic E-state index is 13.1. The van der Waals surface area contributed by atoms with Gasteiger partial charge in [-0.15, -0.1) is 0 Å². The van der Waals surface area contributed by atoms with Crippen LogP contribution in [0.25, 0.3) is 0 Å². The van der Waals surface area contributed by atoms with Crippen molar-refractivity contribution in [2.45, 2.75) is 43.4 Å². The first-order valence-electron chi connectivity index (χ1n) is 9.28. The fourth-order valence-corrected chi connectivity index (χ4v) is 4.49. The number of hydrogen-bond acceptors (Lipinski definition) is 2. The molecule has 8 heteroatoms. The van der Waals surface area contributed by atoms with E-state index < -0.39 is 29.0 Å². The summed E-state index contributed by atoms with van der Waals surface area (Å²) in [6.07, 6.45) is -8.51. The first kappa shape index (κ1) is 20.2. The minimum atomic E-state index is -4.87. The average Bonchev–Trinajstić information content (AvgIpc) is 3.25. The Kier molecular flexibility index (Phi) is 4.90. The zero-order chi connectivity index (χ0) is 20.9. The van der Waals surface area contributed by atoms with Crippen molar-refractivity contribution in [1.82, 2.24) is 5.32 Å². The predicted octanol–water partition coefficient (Wildman–Crippen LogP) is 5.52. The van der Waals surface area contributed by atoms with E-state index in [9.17, 15) is 26.3 Å². The first-order chi connectivity index (χ1) is 13.6. The van der Waals surface area contributed by atoms with E-state index in [2.05, 4.69) is 5.32 Å². The Hall–Kier alpha value is -2.06. The lowest BCUT2D eigenvalue weighted by atomic mass is 9.87. The quantitative estimate of drug-likeness (QED) is 0.665. The Bertz CT molecular complexity index is 847. The Morgan fingerprint density at radius 3 is 2.10 bits per heavy atom. The highest BCUT2D eigenvalue weighted by Gasteiger charge is 2.53. The Morgan fingerprint density at radius 2 is 1.55 bits per heavy atom. The summed E-state index contributed by atoms with van der Waals surface area (Å²) in [6.45, 7) is 0.497. The van der Waals surface area contributed by atoms with Crippen molar-refractivity contribution in [2.24, 2.45) is 5.92 Å². The van der Waals surface area contributed by atoms with Gasteiger partial charge in [-0.1, -0.05) is 30.3 Å².